The van der Waals surface area contributed by atoms with Gasteiger partial charge in [0.2, 0.25) is 5.95 Å². The second-order valence-electron chi connectivity index (χ2n) is 14.1. The molecule has 54 heavy (non-hydrogen) atoms. The Bertz CT molecular complexity index is 3560. The third-order valence-electron chi connectivity index (χ3n) is 11.3. The van der Waals surface area contributed by atoms with Crippen molar-refractivity contribution in [2.24, 2.45) is 0 Å². The van der Waals surface area contributed by atoms with Crippen LogP contribution in [0.3, 0.4) is 0 Å². The summed E-state index contributed by atoms with van der Waals surface area (Å²) in [5.74, 6) is 0.650. The zero-order valence-corrected chi connectivity index (χ0v) is 29.1. The average molecular weight is 687 g/mol. The van der Waals surface area contributed by atoms with Crippen LogP contribution >= 0.6 is 0 Å². The first-order chi connectivity index (χ1) is 26.8. The molecule has 250 valence electrons. The van der Waals surface area contributed by atoms with E-state index in [0.29, 0.717) is 5.95 Å². The van der Waals surface area contributed by atoms with Crippen LogP contribution < -0.4 is 0 Å². The maximum Gasteiger partial charge on any atom is 0.235 e. The first-order valence-electron chi connectivity index (χ1n) is 18.4. The number of nitrogens with zero attached hydrogens (tertiary/aromatic N) is 4. The zero-order chi connectivity index (χ0) is 35.3. The molecule has 0 saturated heterocycles. The van der Waals surface area contributed by atoms with Crippen molar-refractivity contribution in [1.82, 2.24) is 18.9 Å². The van der Waals surface area contributed by atoms with Crippen LogP contribution in [0.2, 0.25) is 0 Å². The highest BCUT2D eigenvalue weighted by atomic mass is 15.2. The molecule has 0 unspecified atom stereocenters. The monoisotopic (exact) mass is 686 g/mol. The minimum absolute atomic E-state index is 0.650. The quantitative estimate of drug-likeness (QED) is 0.181. The second kappa shape index (κ2) is 11.1. The molecule has 12 rings (SSSR count). The van der Waals surface area contributed by atoms with Crippen LogP contribution in [-0.2, 0) is 0 Å². The van der Waals surface area contributed by atoms with Gasteiger partial charge in [-0.25, -0.2) is 9.97 Å². The molecule has 0 aliphatic carbocycles. The van der Waals surface area contributed by atoms with Crippen molar-refractivity contribution < 1.29 is 0 Å². The molecule has 4 heterocycles. The lowest BCUT2D eigenvalue weighted by atomic mass is 10.0. The molecule has 0 aliphatic rings. The van der Waals surface area contributed by atoms with E-state index in [0.717, 1.165) is 55.0 Å². The Labute approximate surface area is 309 Å². The zero-order valence-electron chi connectivity index (χ0n) is 29.1. The first kappa shape index (κ1) is 29.3. The van der Waals surface area contributed by atoms with Gasteiger partial charge in [0.15, 0.2) is 0 Å². The van der Waals surface area contributed by atoms with Gasteiger partial charge in [-0.05, 0) is 39.7 Å². The highest BCUT2D eigenvalue weighted by Gasteiger charge is 2.23. The van der Waals surface area contributed by atoms with Gasteiger partial charge in [-0.1, -0.05) is 164 Å². The van der Waals surface area contributed by atoms with Gasteiger partial charge in [-0.3, -0.25) is 4.57 Å². The molecule has 0 atom stereocenters. The summed E-state index contributed by atoms with van der Waals surface area (Å²) in [6, 6.07) is 65.5. The summed E-state index contributed by atoms with van der Waals surface area (Å²) in [7, 11) is 0. The van der Waals surface area contributed by atoms with Crippen molar-refractivity contribution in [1.29, 1.82) is 0 Å². The Balaban J connectivity index is 1.39. The summed E-state index contributed by atoms with van der Waals surface area (Å²) < 4.78 is 4.84. The van der Waals surface area contributed by atoms with Gasteiger partial charge in [-0.15, -0.1) is 0 Å². The number of rotatable bonds is 2. The molecule has 4 nitrogen and oxygen atoms in total. The second-order valence-corrected chi connectivity index (χ2v) is 14.1. The third kappa shape index (κ3) is 3.97. The summed E-state index contributed by atoms with van der Waals surface area (Å²) in [6.45, 7) is 0. The van der Waals surface area contributed by atoms with Crippen molar-refractivity contribution in [2.75, 3.05) is 0 Å². The van der Waals surface area contributed by atoms with E-state index in [9.17, 15) is 0 Å². The molecule has 0 amide bonds. The summed E-state index contributed by atoms with van der Waals surface area (Å²) in [4.78, 5) is 10.8. The highest BCUT2D eigenvalue weighted by molar-refractivity contribution is 6.29. The van der Waals surface area contributed by atoms with Crippen molar-refractivity contribution >= 4 is 92.3 Å². The Morgan fingerprint density at radius 1 is 0.296 bits per heavy atom. The van der Waals surface area contributed by atoms with Gasteiger partial charge in [0.25, 0.3) is 0 Å². The van der Waals surface area contributed by atoms with Gasteiger partial charge >= 0.3 is 0 Å². The van der Waals surface area contributed by atoms with Gasteiger partial charge in [0.1, 0.15) is 0 Å². The minimum Gasteiger partial charge on any atom is -0.306 e. The molecule has 4 aromatic heterocycles. The van der Waals surface area contributed by atoms with E-state index >= 15 is 0 Å². The largest absolute Gasteiger partial charge is 0.306 e. The Hall–Kier alpha value is -7.30. The standard InChI is InChI=1S/C50H30N4/c1-2-15-31(16-3-1)46-42-23-8-11-26-43(42)51-50(52-46)54-45-28-13-10-22-37(45)40-29-30-41-39-25-14-24-38-35-20-7-5-18-33(35)32-17-4-6-19-34(32)36-21-9-12-27-44(36)53(47(38)39)48(41)49(40)54/h1-30H. The fourth-order valence-corrected chi connectivity index (χ4v) is 9.05. The van der Waals surface area contributed by atoms with Crippen LogP contribution in [-0.4, -0.2) is 18.9 Å². The molecular weight excluding hydrogens is 657 g/mol. The van der Waals surface area contributed by atoms with Crippen LogP contribution in [0.15, 0.2) is 182 Å². The number of aromatic nitrogens is 4. The molecule has 8 aromatic carbocycles. The Morgan fingerprint density at radius 3 is 1.46 bits per heavy atom. The van der Waals surface area contributed by atoms with Gasteiger partial charge in [0, 0.05) is 43.3 Å². The van der Waals surface area contributed by atoms with E-state index < -0.39 is 0 Å². The van der Waals surface area contributed by atoms with Gasteiger partial charge in [0.05, 0.1) is 38.8 Å². The lowest BCUT2D eigenvalue weighted by molar-refractivity contribution is 1.01. The number of para-hydroxylation sites is 4. The molecule has 0 bridgehead atoms. The lowest BCUT2D eigenvalue weighted by Crippen LogP contribution is -2.04. The molecule has 0 fully saturated rings. The number of benzene rings is 8. The van der Waals surface area contributed by atoms with E-state index in [1.807, 2.05) is 0 Å². The third-order valence-corrected chi connectivity index (χ3v) is 11.3. The van der Waals surface area contributed by atoms with Crippen molar-refractivity contribution in [2.45, 2.75) is 0 Å². The molecule has 0 N–H and O–H groups in total. The summed E-state index contributed by atoms with van der Waals surface area (Å²) in [6.07, 6.45) is 0. The molecule has 0 radical (unpaired) electrons. The maximum absolute atomic E-state index is 5.46. The van der Waals surface area contributed by atoms with E-state index in [4.69, 9.17) is 9.97 Å². The van der Waals surface area contributed by atoms with E-state index in [1.165, 1.54) is 48.6 Å². The fraction of sp³-hybridized carbons (Fsp3) is 0. The molecule has 0 saturated carbocycles. The summed E-state index contributed by atoms with van der Waals surface area (Å²) in [5.41, 5.74) is 8.50. The molecule has 12 aromatic rings. The predicted molar refractivity (Wildman–Crippen MR) is 227 cm³/mol. The number of fused-ring (bicyclic) bond motifs is 15. The van der Waals surface area contributed by atoms with Crippen molar-refractivity contribution in [3.63, 3.8) is 0 Å². The maximum atomic E-state index is 5.46. The van der Waals surface area contributed by atoms with Crippen LogP contribution in [0.25, 0.3) is 110 Å². The SMILES string of the molecule is c1ccc(-c2nc(-n3c4ccccc4c4ccc5c6cccc7c8ccccc8c8ccccc8c8ccccc8n(c76)c5c43)nc3ccccc23)cc1. The minimum atomic E-state index is 0.650. The van der Waals surface area contributed by atoms with Crippen LogP contribution in [0, 0.1) is 0 Å². The number of hydrogen-bond donors (Lipinski definition) is 0. The van der Waals surface area contributed by atoms with Crippen LogP contribution in [0.4, 0.5) is 0 Å². The van der Waals surface area contributed by atoms with Gasteiger partial charge < -0.3 is 4.40 Å². The highest BCUT2D eigenvalue weighted by Crippen LogP contribution is 2.43. The number of hydrogen-bond acceptors (Lipinski definition) is 2. The van der Waals surface area contributed by atoms with E-state index in [1.54, 1.807) is 0 Å². The molecule has 0 aliphatic heterocycles. The molecule has 4 heteroatoms. The predicted octanol–water partition coefficient (Wildman–Crippen LogP) is 13.0. The molecular formula is C50H30N4. The van der Waals surface area contributed by atoms with Crippen LogP contribution in [0.1, 0.15) is 0 Å². The fourth-order valence-electron chi connectivity index (χ4n) is 9.05. The average Bonchev–Trinajstić information content (AvgIpc) is 3.77. The van der Waals surface area contributed by atoms with E-state index in [-0.39, 0.29) is 0 Å². The first-order valence-corrected chi connectivity index (χ1v) is 18.4. The van der Waals surface area contributed by atoms with E-state index in [2.05, 4.69) is 191 Å². The summed E-state index contributed by atoms with van der Waals surface area (Å²) in [5, 5.41) is 13.0. The Kier molecular flexibility index (Phi) is 6.02. The Morgan fingerprint density at radius 2 is 0.759 bits per heavy atom. The summed E-state index contributed by atoms with van der Waals surface area (Å²) >= 11 is 0. The van der Waals surface area contributed by atoms with Crippen LogP contribution in [0.5, 0.6) is 0 Å². The normalized spacial score (nSPS) is 12.1. The molecule has 0 spiro atoms. The smallest absolute Gasteiger partial charge is 0.235 e. The van der Waals surface area contributed by atoms with Crippen molar-refractivity contribution in [3.05, 3.63) is 182 Å². The topological polar surface area (TPSA) is 35.1 Å². The van der Waals surface area contributed by atoms with Crippen molar-refractivity contribution in [3.8, 4) is 17.2 Å². The lowest BCUT2D eigenvalue weighted by Gasteiger charge is -2.12. The van der Waals surface area contributed by atoms with Gasteiger partial charge in [-0.2, -0.15) is 0 Å².